The molecule has 4 heteroatoms. The zero-order valence-electron chi connectivity index (χ0n) is 14.6. The number of methoxy groups -OCH3 is 1. The Balaban J connectivity index is 1.65. The molecule has 132 valence electrons. The minimum absolute atomic E-state index is 0.0958. The van der Waals surface area contributed by atoms with Crippen LogP contribution in [0.25, 0.3) is 0 Å². The van der Waals surface area contributed by atoms with Gasteiger partial charge in [-0.2, -0.15) is 0 Å². The number of carbonyl (C=O) groups is 1. The van der Waals surface area contributed by atoms with Gasteiger partial charge in [0.25, 0.3) is 0 Å². The van der Waals surface area contributed by atoms with E-state index in [0.29, 0.717) is 6.61 Å². The number of esters is 1. The SMILES string of the molecule is COC(=O)C1CCCN1CCOC(c1ccccc1)c1ccccc1. The van der Waals surface area contributed by atoms with E-state index in [1.165, 1.54) is 7.11 Å². The minimum atomic E-state index is -0.139. The van der Waals surface area contributed by atoms with Crippen LogP contribution in [0.15, 0.2) is 60.7 Å². The lowest BCUT2D eigenvalue weighted by molar-refractivity contribution is -0.146. The summed E-state index contributed by atoms with van der Waals surface area (Å²) in [5.41, 5.74) is 2.28. The molecule has 1 heterocycles. The summed E-state index contributed by atoms with van der Waals surface area (Å²) in [6.07, 6.45) is 1.80. The van der Waals surface area contributed by atoms with Gasteiger partial charge in [0, 0.05) is 6.54 Å². The lowest BCUT2D eigenvalue weighted by Gasteiger charge is -2.24. The second-order valence-electron chi connectivity index (χ2n) is 6.29. The molecule has 0 aromatic heterocycles. The maximum atomic E-state index is 11.9. The van der Waals surface area contributed by atoms with Gasteiger partial charge >= 0.3 is 5.97 Å². The van der Waals surface area contributed by atoms with E-state index in [1.807, 2.05) is 36.4 Å². The Morgan fingerprint density at radius 3 is 2.24 bits per heavy atom. The molecule has 0 saturated carbocycles. The summed E-state index contributed by atoms with van der Waals surface area (Å²) in [5, 5.41) is 0. The van der Waals surface area contributed by atoms with Gasteiger partial charge in [0.2, 0.25) is 0 Å². The highest BCUT2D eigenvalue weighted by Crippen LogP contribution is 2.26. The fourth-order valence-corrected chi connectivity index (χ4v) is 3.43. The third-order valence-corrected chi connectivity index (χ3v) is 4.70. The molecular weight excluding hydrogens is 314 g/mol. The van der Waals surface area contributed by atoms with E-state index in [4.69, 9.17) is 9.47 Å². The van der Waals surface area contributed by atoms with Crippen LogP contribution in [0.4, 0.5) is 0 Å². The molecule has 1 unspecified atom stereocenters. The number of benzene rings is 2. The van der Waals surface area contributed by atoms with E-state index in [0.717, 1.165) is 37.1 Å². The molecule has 0 aliphatic carbocycles. The van der Waals surface area contributed by atoms with Crippen molar-refractivity contribution in [1.29, 1.82) is 0 Å². The van der Waals surface area contributed by atoms with E-state index in [1.54, 1.807) is 0 Å². The van der Waals surface area contributed by atoms with Crippen molar-refractivity contribution in [2.24, 2.45) is 0 Å². The van der Waals surface area contributed by atoms with Crippen LogP contribution >= 0.6 is 0 Å². The summed E-state index contributed by atoms with van der Waals surface area (Å²) in [6, 6.07) is 20.4. The van der Waals surface area contributed by atoms with Gasteiger partial charge in [-0.05, 0) is 30.5 Å². The van der Waals surface area contributed by atoms with Gasteiger partial charge in [0.1, 0.15) is 12.1 Å². The molecule has 3 rings (SSSR count). The van der Waals surface area contributed by atoms with Crippen molar-refractivity contribution in [1.82, 2.24) is 4.90 Å². The first-order chi connectivity index (χ1) is 12.3. The van der Waals surface area contributed by atoms with E-state index >= 15 is 0 Å². The maximum absolute atomic E-state index is 11.9. The van der Waals surface area contributed by atoms with Crippen LogP contribution in [0, 0.1) is 0 Å². The quantitative estimate of drug-likeness (QED) is 0.725. The molecule has 25 heavy (non-hydrogen) atoms. The molecule has 1 fully saturated rings. The summed E-state index contributed by atoms with van der Waals surface area (Å²) in [6.45, 7) is 2.22. The van der Waals surface area contributed by atoms with Gasteiger partial charge < -0.3 is 9.47 Å². The normalized spacial score (nSPS) is 17.8. The second-order valence-corrected chi connectivity index (χ2v) is 6.29. The number of rotatable bonds is 7. The van der Waals surface area contributed by atoms with Gasteiger partial charge in [-0.1, -0.05) is 60.7 Å². The predicted octanol–water partition coefficient (Wildman–Crippen LogP) is 3.43. The molecule has 1 saturated heterocycles. The van der Waals surface area contributed by atoms with Crippen LogP contribution in [0.2, 0.25) is 0 Å². The molecule has 2 aromatic rings. The van der Waals surface area contributed by atoms with Crippen molar-refractivity contribution in [3.63, 3.8) is 0 Å². The maximum Gasteiger partial charge on any atom is 0.323 e. The fraction of sp³-hybridized carbons (Fsp3) is 0.381. The number of likely N-dealkylation sites (tertiary alicyclic amines) is 1. The van der Waals surface area contributed by atoms with Crippen molar-refractivity contribution < 1.29 is 14.3 Å². The first-order valence-corrected chi connectivity index (χ1v) is 8.83. The molecule has 0 bridgehead atoms. The largest absolute Gasteiger partial charge is 0.468 e. The molecule has 1 aliphatic heterocycles. The summed E-state index contributed by atoms with van der Waals surface area (Å²) in [5.74, 6) is -0.139. The summed E-state index contributed by atoms with van der Waals surface area (Å²) in [7, 11) is 1.45. The van der Waals surface area contributed by atoms with Gasteiger partial charge in [-0.3, -0.25) is 9.69 Å². The molecule has 0 spiro atoms. The molecule has 0 N–H and O–H groups in total. The lowest BCUT2D eigenvalue weighted by Crippen LogP contribution is -2.39. The zero-order valence-corrected chi connectivity index (χ0v) is 14.6. The number of hydrogen-bond donors (Lipinski definition) is 0. The predicted molar refractivity (Wildman–Crippen MR) is 97.3 cm³/mol. The second kappa shape index (κ2) is 8.79. The van der Waals surface area contributed by atoms with Crippen LogP contribution in [0.1, 0.15) is 30.1 Å². The number of ether oxygens (including phenoxy) is 2. The number of hydrogen-bond acceptors (Lipinski definition) is 4. The Bertz CT molecular complexity index is 620. The number of carbonyl (C=O) groups excluding carboxylic acids is 1. The Hall–Kier alpha value is -2.17. The topological polar surface area (TPSA) is 38.8 Å². The molecule has 1 atom stereocenters. The Labute approximate surface area is 149 Å². The average Bonchev–Trinajstić information content (AvgIpc) is 3.14. The van der Waals surface area contributed by atoms with Crippen LogP contribution in [0.3, 0.4) is 0 Å². The molecule has 0 amide bonds. The van der Waals surface area contributed by atoms with Gasteiger partial charge in [0.05, 0.1) is 13.7 Å². The van der Waals surface area contributed by atoms with Crippen LogP contribution in [0.5, 0.6) is 0 Å². The Kier molecular flexibility index (Phi) is 6.20. The monoisotopic (exact) mass is 339 g/mol. The van der Waals surface area contributed by atoms with Crippen molar-refractivity contribution >= 4 is 5.97 Å². The van der Waals surface area contributed by atoms with E-state index in [-0.39, 0.29) is 18.1 Å². The van der Waals surface area contributed by atoms with Gasteiger partial charge in [0.15, 0.2) is 0 Å². The smallest absolute Gasteiger partial charge is 0.323 e. The molecule has 0 radical (unpaired) electrons. The molecule has 4 nitrogen and oxygen atoms in total. The summed E-state index contributed by atoms with van der Waals surface area (Å²) < 4.78 is 11.2. The Morgan fingerprint density at radius 2 is 1.68 bits per heavy atom. The lowest BCUT2D eigenvalue weighted by atomic mass is 10.0. The van der Waals surface area contributed by atoms with E-state index < -0.39 is 0 Å². The standard InChI is InChI=1S/C21H25NO3/c1-24-21(23)19-13-8-14-22(19)15-16-25-20(17-9-4-2-5-10-17)18-11-6-3-7-12-18/h2-7,9-12,19-20H,8,13-16H2,1H3. The summed E-state index contributed by atoms with van der Waals surface area (Å²) in [4.78, 5) is 14.0. The van der Waals surface area contributed by atoms with Crippen molar-refractivity contribution in [3.8, 4) is 0 Å². The van der Waals surface area contributed by atoms with Gasteiger partial charge in [-0.15, -0.1) is 0 Å². The molecule has 2 aromatic carbocycles. The first-order valence-electron chi connectivity index (χ1n) is 8.83. The fourth-order valence-electron chi connectivity index (χ4n) is 3.43. The van der Waals surface area contributed by atoms with Crippen molar-refractivity contribution in [3.05, 3.63) is 71.8 Å². The van der Waals surface area contributed by atoms with Crippen LogP contribution in [-0.2, 0) is 14.3 Å². The molecular formula is C21H25NO3. The Morgan fingerprint density at radius 1 is 1.08 bits per heavy atom. The van der Waals surface area contributed by atoms with Crippen molar-refractivity contribution in [2.45, 2.75) is 25.0 Å². The third-order valence-electron chi connectivity index (χ3n) is 4.70. The summed E-state index contributed by atoms with van der Waals surface area (Å²) >= 11 is 0. The van der Waals surface area contributed by atoms with E-state index in [2.05, 4.69) is 29.2 Å². The minimum Gasteiger partial charge on any atom is -0.468 e. The number of nitrogens with zero attached hydrogens (tertiary/aromatic N) is 1. The van der Waals surface area contributed by atoms with E-state index in [9.17, 15) is 4.79 Å². The first kappa shape index (κ1) is 17.6. The zero-order chi connectivity index (χ0) is 17.5. The average molecular weight is 339 g/mol. The van der Waals surface area contributed by atoms with Crippen molar-refractivity contribution in [2.75, 3.05) is 26.8 Å². The highest BCUT2D eigenvalue weighted by Gasteiger charge is 2.31. The highest BCUT2D eigenvalue weighted by atomic mass is 16.5. The van der Waals surface area contributed by atoms with Gasteiger partial charge in [-0.25, -0.2) is 0 Å². The molecule has 1 aliphatic rings. The third kappa shape index (κ3) is 4.47. The highest BCUT2D eigenvalue weighted by molar-refractivity contribution is 5.75. The van der Waals surface area contributed by atoms with Crippen LogP contribution < -0.4 is 0 Å². The van der Waals surface area contributed by atoms with Crippen LogP contribution in [-0.4, -0.2) is 43.7 Å².